The molecular weight excluding hydrogens is 654 g/mol. The van der Waals surface area contributed by atoms with Gasteiger partial charge in [0.15, 0.2) is 5.78 Å². The molecule has 0 aliphatic carbocycles. The molecular formula is C34H33F4N3O8. The first-order chi connectivity index (χ1) is 23.2. The fraction of sp³-hybridized carbons (Fsp3) is 0.265. The lowest BCUT2D eigenvalue weighted by atomic mass is 9.89. The Labute approximate surface area is 278 Å². The van der Waals surface area contributed by atoms with Crippen LogP contribution in [0, 0.1) is 11.7 Å². The van der Waals surface area contributed by atoms with Crippen molar-refractivity contribution in [2.24, 2.45) is 5.92 Å². The molecule has 11 nitrogen and oxygen atoms in total. The standard InChI is InChI=1S/C30H29F4N3O4.C4H4O4/c1-41-26-5-3-2-4-25(26)37(28(39)22-8-12-24(13-9-22)35-29(40)30(32,33)34)19-18-36-16-14-21(15-17-36)27(38)20-6-10-23(31)11-7-20;5-3(6)1-2-4(7)8/h2-13,21H,14-19H2,1H3,(H,35,40);1-2H,(H,5,6)(H,7,8). The van der Waals surface area contributed by atoms with Crippen LogP contribution in [0.15, 0.2) is 84.9 Å². The summed E-state index contributed by atoms with van der Waals surface area (Å²) in [6.07, 6.45) is -2.66. The van der Waals surface area contributed by atoms with Crippen LogP contribution in [-0.2, 0) is 14.4 Å². The number of carboxylic acids is 2. The molecule has 3 N–H and O–H groups in total. The first-order valence-electron chi connectivity index (χ1n) is 14.8. The first-order valence-corrected chi connectivity index (χ1v) is 14.8. The normalized spacial score (nSPS) is 13.6. The van der Waals surface area contributed by atoms with Crippen molar-refractivity contribution in [3.05, 3.63) is 102 Å². The Morgan fingerprint density at radius 3 is 1.96 bits per heavy atom. The van der Waals surface area contributed by atoms with Gasteiger partial charge in [0.25, 0.3) is 5.91 Å². The number of hydrogen-bond acceptors (Lipinski definition) is 7. The summed E-state index contributed by atoms with van der Waals surface area (Å²) in [6, 6.07) is 17.7. The van der Waals surface area contributed by atoms with Crippen molar-refractivity contribution >= 4 is 40.9 Å². The Morgan fingerprint density at radius 2 is 1.43 bits per heavy atom. The van der Waals surface area contributed by atoms with Crippen LogP contribution in [0.4, 0.5) is 28.9 Å². The fourth-order valence-electron chi connectivity index (χ4n) is 4.89. The lowest BCUT2D eigenvalue weighted by Gasteiger charge is -2.33. The molecule has 49 heavy (non-hydrogen) atoms. The van der Waals surface area contributed by atoms with Crippen LogP contribution in [0.1, 0.15) is 33.6 Å². The summed E-state index contributed by atoms with van der Waals surface area (Å²) in [4.78, 5) is 60.5. The van der Waals surface area contributed by atoms with Crippen molar-refractivity contribution in [2.75, 3.05) is 43.5 Å². The maximum atomic E-state index is 13.6. The van der Waals surface area contributed by atoms with E-state index in [0.717, 1.165) is 0 Å². The molecule has 3 aromatic rings. The molecule has 1 saturated heterocycles. The van der Waals surface area contributed by atoms with Crippen molar-refractivity contribution < 1.29 is 56.5 Å². The van der Waals surface area contributed by atoms with Crippen molar-refractivity contribution in [3.63, 3.8) is 0 Å². The molecule has 15 heteroatoms. The third-order valence-electron chi connectivity index (χ3n) is 7.36. The minimum Gasteiger partial charge on any atom is -0.495 e. The van der Waals surface area contributed by atoms with E-state index in [9.17, 15) is 41.5 Å². The lowest BCUT2D eigenvalue weighted by Crippen LogP contribution is -2.43. The van der Waals surface area contributed by atoms with Gasteiger partial charge in [0.1, 0.15) is 11.6 Å². The summed E-state index contributed by atoms with van der Waals surface area (Å²) in [5, 5.41) is 17.4. The Kier molecular flexibility index (Phi) is 13.6. The highest BCUT2D eigenvalue weighted by molar-refractivity contribution is 6.07. The van der Waals surface area contributed by atoms with Gasteiger partial charge in [-0.25, -0.2) is 14.0 Å². The SMILES string of the molecule is COc1ccccc1N(CCN1CCC(C(=O)c2ccc(F)cc2)CC1)C(=O)c1ccc(NC(=O)C(F)(F)F)cc1.O=C(O)C=CC(=O)O. The number of methoxy groups -OCH3 is 1. The molecule has 1 aliphatic rings. The van der Waals surface area contributed by atoms with E-state index < -0.39 is 35.7 Å². The van der Waals surface area contributed by atoms with Gasteiger partial charge in [-0.3, -0.25) is 14.4 Å². The fourth-order valence-corrected chi connectivity index (χ4v) is 4.89. The van der Waals surface area contributed by atoms with Gasteiger partial charge in [-0.1, -0.05) is 12.1 Å². The average molecular weight is 688 g/mol. The second-order valence-corrected chi connectivity index (χ2v) is 10.7. The number of nitrogens with one attached hydrogen (secondary N) is 1. The van der Waals surface area contributed by atoms with Gasteiger partial charge in [0.05, 0.1) is 12.8 Å². The number of Topliss-reactive ketones (excluding diaryl/α,β-unsaturated/α-hetero) is 1. The minimum absolute atomic E-state index is 0.00894. The third kappa shape index (κ3) is 11.6. The predicted octanol–water partition coefficient (Wildman–Crippen LogP) is 5.29. The number of ketones is 1. The van der Waals surface area contributed by atoms with Crippen molar-refractivity contribution in [1.82, 2.24) is 4.90 Å². The highest BCUT2D eigenvalue weighted by Gasteiger charge is 2.38. The first kappa shape index (κ1) is 37.9. The summed E-state index contributed by atoms with van der Waals surface area (Å²) < 4.78 is 56.4. The number of carbonyl (C=O) groups excluding carboxylic acids is 3. The summed E-state index contributed by atoms with van der Waals surface area (Å²) in [5.74, 6) is -5.11. The van der Waals surface area contributed by atoms with Crippen LogP contribution in [-0.4, -0.2) is 84.1 Å². The van der Waals surface area contributed by atoms with Gasteiger partial charge >= 0.3 is 24.0 Å². The van der Waals surface area contributed by atoms with E-state index in [2.05, 4.69) is 4.90 Å². The van der Waals surface area contributed by atoms with E-state index in [-0.39, 0.29) is 29.5 Å². The van der Waals surface area contributed by atoms with E-state index >= 15 is 0 Å². The van der Waals surface area contributed by atoms with Crippen LogP contribution in [0.25, 0.3) is 0 Å². The van der Waals surface area contributed by atoms with Gasteiger partial charge < -0.3 is 30.1 Å². The molecule has 1 heterocycles. The predicted molar refractivity (Wildman–Crippen MR) is 170 cm³/mol. The van der Waals surface area contributed by atoms with Crippen LogP contribution >= 0.6 is 0 Å². The van der Waals surface area contributed by atoms with Gasteiger partial charge in [-0.15, -0.1) is 0 Å². The topological polar surface area (TPSA) is 154 Å². The van der Waals surface area contributed by atoms with E-state index in [1.54, 1.807) is 29.6 Å². The molecule has 2 amide bonds. The van der Waals surface area contributed by atoms with Crippen molar-refractivity contribution in [1.29, 1.82) is 0 Å². The minimum atomic E-state index is -5.03. The Bertz CT molecular complexity index is 1640. The van der Waals surface area contributed by atoms with E-state index in [4.69, 9.17) is 14.9 Å². The number of alkyl halides is 3. The van der Waals surface area contributed by atoms with Gasteiger partial charge in [-0.05, 0) is 86.6 Å². The third-order valence-corrected chi connectivity index (χ3v) is 7.36. The number of rotatable bonds is 11. The second kappa shape index (κ2) is 17.5. The summed E-state index contributed by atoms with van der Waals surface area (Å²) in [6.45, 7) is 2.06. The monoisotopic (exact) mass is 687 g/mol. The largest absolute Gasteiger partial charge is 0.495 e. The van der Waals surface area contributed by atoms with Crippen molar-refractivity contribution in [3.8, 4) is 5.75 Å². The zero-order valence-electron chi connectivity index (χ0n) is 26.2. The molecule has 260 valence electrons. The molecule has 1 aliphatic heterocycles. The number of nitrogens with zero attached hydrogens (tertiary/aromatic N) is 2. The Morgan fingerprint density at radius 1 is 0.878 bits per heavy atom. The van der Waals surface area contributed by atoms with E-state index in [1.165, 1.54) is 60.5 Å². The second-order valence-electron chi connectivity index (χ2n) is 10.7. The molecule has 0 aromatic heterocycles. The summed E-state index contributed by atoms with van der Waals surface area (Å²) >= 11 is 0. The number of halogens is 4. The van der Waals surface area contributed by atoms with Gasteiger partial charge in [0.2, 0.25) is 0 Å². The Hall–Kier alpha value is -5.57. The van der Waals surface area contributed by atoms with Gasteiger partial charge in [-0.2, -0.15) is 13.2 Å². The molecule has 0 saturated carbocycles. The number of benzene rings is 3. The van der Waals surface area contributed by atoms with Crippen molar-refractivity contribution in [2.45, 2.75) is 19.0 Å². The smallest absolute Gasteiger partial charge is 0.471 e. The highest BCUT2D eigenvalue weighted by atomic mass is 19.4. The summed E-state index contributed by atoms with van der Waals surface area (Å²) in [7, 11) is 1.49. The number of anilines is 2. The van der Waals surface area contributed by atoms with Crippen LogP contribution < -0.4 is 15.0 Å². The van der Waals surface area contributed by atoms with Crippen LogP contribution in [0.5, 0.6) is 5.75 Å². The number of carbonyl (C=O) groups is 5. The Balaban J connectivity index is 0.000000723. The highest BCUT2D eigenvalue weighted by Crippen LogP contribution is 2.30. The lowest BCUT2D eigenvalue weighted by molar-refractivity contribution is -0.167. The summed E-state index contributed by atoms with van der Waals surface area (Å²) in [5.41, 5.74) is 1.13. The molecule has 1 fully saturated rings. The quantitative estimate of drug-likeness (QED) is 0.139. The molecule has 4 rings (SSSR count). The zero-order valence-corrected chi connectivity index (χ0v) is 26.2. The molecule has 0 unspecified atom stereocenters. The molecule has 0 spiro atoms. The van der Waals surface area contributed by atoms with Gasteiger partial charge in [0, 0.05) is 48.0 Å². The maximum absolute atomic E-state index is 13.6. The van der Waals surface area contributed by atoms with E-state index in [1.807, 2.05) is 0 Å². The number of hydrogen-bond donors (Lipinski definition) is 3. The average Bonchev–Trinajstić information content (AvgIpc) is 3.08. The number of carboxylic acid groups (broad SMARTS) is 2. The maximum Gasteiger partial charge on any atom is 0.471 e. The van der Waals surface area contributed by atoms with E-state index in [0.29, 0.717) is 61.6 Å². The zero-order chi connectivity index (χ0) is 36.1. The number of likely N-dealkylation sites (tertiary alicyclic amines) is 1. The number of aliphatic carboxylic acids is 2. The number of ether oxygens (including phenoxy) is 1. The number of piperidine rings is 1. The number of para-hydroxylation sites is 2. The molecule has 0 atom stereocenters. The molecule has 0 radical (unpaired) electrons. The molecule has 3 aromatic carbocycles. The molecule has 0 bridgehead atoms. The number of amides is 2. The van der Waals surface area contributed by atoms with Crippen LogP contribution in [0.2, 0.25) is 0 Å². The van der Waals surface area contributed by atoms with Crippen LogP contribution in [0.3, 0.4) is 0 Å².